The fourth-order valence-corrected chi connectivity index (χ4v) is 1.32. The molecule has 0 aliphatic carbocycles. The molecule has 1 rings (SSSR count). The highest BCUT2D eigenvalue weighted by atomic mass is 16.1. The molecule has 0 fully saturated rings. The third-order valence-electron chi connectivity index (χ3n) is 1.86. The molecule has 0 spiro atoms. The second-order valence-corrected chi connectivity index (χ2v) is 5.12. The summed E-state index contributed by atoms with van der Waals surface area (Å²) >= 11 is 0. The SMILES string of the molecule is CC(=O)CNc1cc(NC(C)(C)C)nc(C)n1. The van der Waals surface area contributed by atoms with E-state index in [1.54, 1.807) is 6.07 Å². The summed E-state index contributed by atoms with van der Waals surface area (Å²) in [5, 5.41) is 6.24. The molecule has 0 atom stereocenters. The first-order valence-corrected chi connectivity index (χ1v) is 5.63. The molecule has 0 saturated heterocycles. The lowest BCUT2D eigenvalue weighted by atomic mass is 10.1. The van der Waals surface area contributed by atoms with Gasteiger partial charge in [0.15, 0.2) is 0 Å². The second kappa shape index (κ2) is 5.12. The van der Waals surface area contributed by atoms with Gasteiger partial charge in [0.25, 0.3) is 0 Å². The average molecular weight is 236 g/mol. The minimum absolute atomic E-state index is 0.0569. The number of anilines is 2. The fraction of sp³-hybridized carbons (Fsp3) is 0.583. The van der Waals surface area contributed by atoms with E-state index in [-0.39, 0.29) is 17.9 Å². The van der Waals surface area contributed by atoms with E-state index in [0.717, 1.165) is 5.82 Å². The lowest BCUT2D eigenvalue weighted by molar-refractivity contribution is -0.115. The van der Waals surface area contributed by atoms with Crippen LogP contribution in [0.3, 0.4) is 0 Å². The third-order valence-corrected chi connectivity index (χ3v) is 1.86. The molecule has 17 heavy (non-hydrogen) atoms. The Morgan fingerprint density at radius 3 is 2.41 bits per heavy atom. The lowest BCUT2D eigenvalue weighted by Gasteiger charge is -2.21. The van der Waals surface area contributed by atoms with Crippen LogP contribution in [-0.2, 0) is 4.79 Å². The quantitative estimate of drug-likeness (QED) is 0.837. The monoisotopic (exact) mass is 236 g/mol. The van der Waals surface area contributed by atoms with Gasteiger partial charge in [0.05, 0.1) is 6.54 Å². The standard InChI is InChI=1S/C12H20N4O/c1-8(17)7-13-10-6-11(15-9(2)14-10)16-12(3,4)5/h6H,7H2,1-5H3,(H2,13,14,15,16). The minimum atomic E-state index is -0.0569. The second-order valence-electron chi connectivity index (χ2n) is 5.12. The van der Waals surface area contributed by atoms with Crippen LogP contribution in [0.15, 0.2) is 6.07 Å². The van der Waals surface area contributed by atoms with Crippen molar-refractivity contribution in [2.24, 2.45) is 0 Å². The zero-order valence-corrected chi connectivity index (χ0v) is 11.1. The Morgan fingerprint density at radius 2 is 1.88 bits per heavy atom. The van der Waals surface area contributed by atoms with Crippen LogP contribution in [0.2, 0.25) is 0 Å². The first-order chi connectivity index (χ1) is 7.76. The highest BCUT2D eigenvalue weighted by Gasteiger charge is 2.11. The zero-order chi connectivity index (χ0) is 13.1. The largest absolute Gasteiger partial charge is 0.365 e. The summed E-state index contributed by atoms with van der Waals surface area (Å²) in [6, 6.07) is 1.81. The van der Waals surface area contributed by atoms with Crippen molar-refractivity contribution in [1.82, 2.24) is 9.97 Å². The van der Waals surface area contributed by atoms with Crippen LogP contribution in [0.1, 0.15) is 33.5 Å². The summed E-state index contributed by atoms with van der Waals surface area (Å²) < 4.78 is 0. The van der Waals surface area contributed by atoms with E-state index in [1.807, 2.05) is 6.92 Å². The number of nitrogens with one attached hydrogen (secondary N) is 2. The van der Waals surface area contributed by atoms with Crippen LogP contribution in [-0.4, -0.2) is 27.8 Å². The highest BCUT2D eigenvalue weighted by Crippen LogP contribution is 2.15. The van der Waals surface area contributed by atoms with Gasteiger partial charge in [-0.25, -0.2) is 9.97 Å². The Kier molecular flexibility index (Phi) is 4.04. The van der Waals surface area contributed by atoms with Gasteiger partial charge in [-0.05, 0) is 34.6 Å². The van der Waals surface area contributed by atoms with E-state index < -0.39 is 0 Å². The van der Waals surface area contributed by atoms with Crippen molar-refractivity contribution in [3.05, 3.63) is 11.9 Å². The van der Waals surface area contributed by atoms with Gasteiger partial charge in [-0.2, -0.15) is 0 Å². The molecule has 0 bridgehead atoms. The molecule has 1 heterocycles. The highest BCUT2D eigenvalue weighted by molar-refractivity contribution is 5.80. The number of carbonyl (C=O) groups is 1. The van der Waals surface area contributed by atoms with Gasteiger partial charge in [-0.3, -0.25) is 4.79 Å². The first-order valence-electron chi connectivity index (χ1n) is 5.63. The lowest BCUT2D eigenvalue weighted by Crippen LogP contribution is -2.27. The summed E-state index contributed by atoms with van der Waals surface area (Å²) in [7, 11) is 0. The molecular formula is C12H20N4O. The molecule has 0 aromatic carbocycles. The summed E-state index contributed by atoms with van der Waals surface area (Å²) in [6.07, 6.45) is 0. The Hall–Kier alpha value is -1.65. The van der Waals surface area contributed by atoms with Crippen LogP contribution in [0.25, 0.3) is 0 Å². The topological polar surface area (TPSA) is 66.9 Å². The molecule has 0 saturated carbocycles. The number of carbonyl (C=O) groups excluding carboxylic acids is 1. The van der Waals surface area contributed by atoms with E-state index in [2.05, 4.69) is 41.4 Å². The molecule has 1 aromatic heterocycles. The molecule has 94 valence electrons. The van der Waals surface area contributed by atoms with E-state index in [0.29, 0.717) is 11.6 Å². The van der Waals surface area contributed by atoms with E-state index in [9.17, 15) is 4.79 Å². The van der Waals surface area contributed by atoms with Crippen LogP contribution >= 0.6 is 0 Å². The maximum absolute atomic E-state index is 10.9. The maximum atomic E-state index is 10.9. The number of hydrogen-bond donors (Lipinski definition) is 2. The van der Waals surface area contributed by atoms with Gasteiger partial charge < -0.3 is 10.6 Å². The Bertz CT molecular complexity index is 409. The van der Waals surface area contributed by atoms with Crippen molar-refractivity contribution in [3.63, 3.8) is 0 Å². The number of hydrogen-bond acceptors (Lipinski definition) is 5. The Morgan fingerprint density at radius 1 is 1.29 bits per heavy atom. The van der Waals surface area contributed by atoms with Gasteiger partial charge in [-0.15, -0.1) is 0 Å². The number of nitrogens with zero attached hydrogens (tertiary/aromatic N) is 2. The van der Waals surface area contributed by atoms with Crippen LogP contribution in [0.5, 0.6) is 0 Å². The van der Waals surface area contributed by atoms with Crippen molar-refractivity contribution in [3.8, 4) is 0 Å². The van der Waals surface area contributed by atoms with E-state index in [1.165, 1.54) is 6.92 Å². The molecule has 0 radical (unpaired) electrons. The Labute approximate surface area is 102 Å². The fourth-order valence-electron chi connectivity index (χ4n) is 1.32. The van der Waals surface area contributed by atoms with E-state index in [4.69, 9.17) is 0 Å². The van der Waals surface area contributed by atoms with Gasteiger partial charge >= 0.3 is 0 Å². The number of Topliss-reactive ketones (excluding diaryl/α,β-unsaturated/α-hetero) is 1. The number of ketones is 1. The van der Waals surface area contributed by atoms with Crippen molar-refractivity contribution in [2.75, 3.05) is 17.2 Å². The first kappa shape index (κ1) is 13.4. The van der Waals surface area contributed by atoms with Crippen molar-refractivity contribution in [2.45, 2.75) is 40.2 Å². The molecule has 0 unspecified atom stereocenters. The average Bonchev–Trinajstić information content (AvgIpc) is 2.10. The van der Waals surface area contributed by atoms with Crippen LogP contribution in [0.4, 0.5) is 11.6 Å². The van der Waals surface area contributed by atoms with Crippen molar-refractivity contribution < 1.29 is 4.79 Å². The number of rotatable bonds is 4. The van der Waals surface area contributed by atoms with Crippen LogP contribution in [0, 0.1) is 6.92 Å². The minimum Gasteiger partial charge on any atom is -0.365 e. The van der Waals surface area contributed by atoms with Gasteiger partial charge in [0.1, 0.15) is 23.2 Å². The summed E-state index contributed by atoms with van der Waals surface area (Å²) in [5.41, 5.74) is -0.0569. The summed E-state index contributed by atoms with van der Waals surface area (Å²) in [4.78, 5) is 19.4. The molecular weight excluding hydrogens is 216 g/mol. The van der Waals surface area contributed by atoms with Gasteiger partial charge in [0.2, 0.25) is 0 Å². The number of aryl methyl sites for hydroxylation is 1. The van der Waals surface area contributed by atoms with E-state index >= 15 is 0 Å². The smallest absolute Gasteiger partial charge is 0.148 e. The van der Waals surface area contributed by atoms with Crippen molar-refractivity contribution >= 4 is 17.4 Å². The predicted molar refractivity (Wildman–Crippen MR) is 69.3 cm³/mol. The summed E-state index contributed by atoms with van der Waals surface area (Å²) in [6.45, 7) is 9.83. The molecule has 0 aliphatic heterocycles. The number of aromatic nitrogens is 2. The molecule has 2 N–H and O–H groups in total. The van der Waals surface area contributed by atoms with Crippen LogP contribution < -0.4 is 10.6 Å². The zero-order valence-electron chi connectivity index (χ0n) is 11.1. The normalized spacial score (nSPS) is 11.1. The molecule has 5 nitrogen and oxygen atoms in total. The molecule has 0 aliphatic rings. The van der Waals surface area contributed by atoms with Crippen molar-refractivity contribution in [1.29, 1.82) is 0 Å². The predicted octanol–water partition coefficient (Wildman–Crippen LogP) is 2.00. The maximum Gasteiger partial charge on any atom is 0.148 e. The van der Waals surface area contributed by atoms with Gasteiger partial charge in [0, 0.05) is 11.6 Å². The molecule has 5 heteroatoms. The van der Waals surface area contributed by atoms with Gasteiger partial charge in [-0.1, -0.05) is 0 Å². The summed E-state index contributed by atoms with van der Waals surface area (Å²) in [5.74, 6) is 2.17. The molecule has 1 aromatic rings. The molecule has 0 amide bonds. The Balaban J connectivity index is 2.83. The third kappa shape index (κ3) is 5.29.